The highest BCUT2D eigenvalue weighted by Crippen LogP contribution is 2.43. The van der Waals surface area contributed by atoms with Crippen LogP contribution in [0.2, 0.25) is 0 Å². The lowest BCUT2D eigenvalue weighted by Gasteiger charge is -2.25. The number of ketones is 1. The van der Waals surface area contributed by atoms with Crippen molar-refractivity contribution < 1.29 is 24.2 Å². The van der Waals surface area contributed by atoms with Gasteiger partial charge in [-0.25, -0.2) is 0 Å². The number of methoxy groups -OCH3 is 1. The number of carbonyl (C=O) groups is 2. The number of rotatable bonds is 5. The maximum atomic E-state index is 13.5. The zero-order chi connectivity index (χ0) is 25.7. The first kappa shape index (κ1) is 22.9. The minimum atomic E-state index is -0.762. The van der Waals surface area contributed by atoms with Gasteiger partial charge in [0.1, 0.15) is 23.4 Å². The number of aromatic nitrogens is 1. The summed E-state index contributed by atoms with van der Waals surface area (Å²) in [6.45, 7) is 2.19. The molecular formula is C30H26N2O5. The predicted octanol–water partition coefficient (Wildman–Crippen LogP) is 5.12. The molecule has 37 heavy (non-hydrogen) atoms. The lowest BCUT2D eigenvalue weighted by Crippen LogP contribution is -2.29. The minimum Gasteiger partial charge on any atom is -0.507 e. The predicted molar refractivity (Wildman–Crippen MR) is 139 cm³/mol. The number of likely N-dealkylation sites (tertiary alicyclic amines) is 1. The first-order chi connectivity index (χ1) is 17.9. The van der Waals surface area contributed by atoms with E-state index in [1.54, 1.807) is 13.2 Å². The van der Waals surface area contributed by atoms with Crippen molar-refractivity contribution in [1.82, 2.24) is 9.88 Å². The van der Waals surface area contributed by atoms with Crippen LogP contribution in [0.15, 0.2) is 78.5 Å². The Kier molecular flexibility index (Phi) is 5.48. The van der Waals surface area contributed by atoms with E-state index in [9.17, 15) is 14.7 Å². The van der Waals surface area contributed by atoms with Gasteiger partial charge in [-0.1, -0.05) is 30.3 Å². The van der Waals surface area contributed by atoms with Crippen LogP contribution >= 0.6 is 0 Å². The number of aromatic amines is 1. The van der Waals surface area contributed by atoms with Gasteiger partial charge < -0.3 is 24.5 Å². The third-order valence-electron chi connectivity index (χ3n) is 7.14. The monoisotopic (exact) mass is 494 g/mol. The zero-order valence-corrected chi connectivity index (χ0v) is 20.5. The summed E-state index contributed by atoms with van der Waals surface area (Å²) >= 11 is 0. The second kappa shape index (κ2) is 8.85. The molecule has 1 saturated heterocycles. The fraction of sp³-hybridized carbons (Fsp3) is 0.200. The Labute approximate surface area is 213 Å². The molecule has 2 aliphatic rings. The molecule has 6 rings (SSSR count). The molecule has 1 fully saturated rings. The Morgan fingerprint density at radius 3 is 2.68 bits per heavy atom. The zero-order valence-electron chi connectivity index (χ0n) is 20.5. The van der Waals surface area contributed by atoms with Gasteiger partial charge in [-0.05, 0) is 54.4 Å². The second-order valence-corrected chi connectivity index (χ2v) is 9.52. The summed E-state index contributed by atoms with van der Waals surface area (Å²) in [5.74, 6) is -0.0588. The van der Waals surface area contributed by atoms with Gasteiger partial charge in [-0.15, -0.1) is 0 Å². The Hall–Kier alpha value is -4.52. The number of benzene rings is 3. The second-order valence-electron chi connectivity index (χ2n) is 9.52. The largest absolute Gasteiger partial charge is 0.507 e. The highest BCUT2D eigenvalue weighted by Gasteiger charge is 2.47. The number of ether oxygens (including phenoxy) is 2. The van der Waals surface area contributed by atoms with Crippen molar-refractivity contribution in [2.75, 3.05) is 7.11 Å². The molecule has 2 atom stereocenters. The minimum absolute atomic E-state index is 0.0497. The quantitative estimate of drug-likeness (QED) is 0.228. The molecule has 2 aliphatic heterocycles. The van der Waals surface area contributed by atoms with E-state index < -0.39 is 17.7 Å². The maximum absolute atomic E-state index is 13.5. The number of nitrogens with one attached hydrogen (secondary N) is 1. The normalized spacial score (nSPS) is 20.3. The summed E-state index contributed by atoms with van der Waals surface area (Å²) < 4.78 is 11.0. The number of nitrogens with zero attached hydrogens (tertiary/aromatic N) is 1. The molecule has 0 saturated carbocycles. The van der Waals surface area contributed by atoms with Crippen molar-refractivity contribution >= 4 is 28.4 Å². The molecule has 186 valence electrons. The number of hydrogen-bond acceptors (Lipinski definition) is 5. The molecule has 0 aliphatic carbocycles. The number of amides is 1. The first-order valence-electron chi connectivity index (χ1n) is 12.2. The van der Waals surface area contributed by atoms with Gasteiger partial charge in [0.2, 0.25) is 0 Å². The van der Waals surface area contributed by atoms with Crippen molar-refractivity contribution in [2.45, 2.75) is 32.0 Å². The molecule has 0 bridgehead atoms. The van der Waals surface area contributed by atoms with Gasteiger partial charge >= 0.3 is 0 Å². The number of Topliss-reactive ketones (excluding diaryl/α,β-unsaturated/α-hetero) is 1. The summed E-state index contributed by atoms with van der Waals surface area (Å²) in [6.07, 6.45) is 2.58. The van der Waals surface area contributed by atoms with Gasteiger partial charge in [0, 0.05) is 41.2 Å². The Bertz CT molecular complexity index is 1570. The molecule has 7 heteroatoms. The Morgan fingerprint density at radius 2 is 1.89 bits per heavy atom. The van der Waals surface area contributed by atoms with Crippen LogP contribution in [-0.2, 0) is 22.6 Å². The lowest BCUT2D eigenvalue weighted by atomic mass is 9.94. The number of fused-ring (bicyclic) bond motifs is 2. The number of H-pyrrole nitrogens is 1. The smallest absolute Gasteiger partial charge is 0.295 e. The van der Waals surface area contributed by atoms with E-state index >= 15 is 0 Å². The van der Waals surface area contributed by atoms with Crippen LogP contribution in [0.25, 0.3) is 16.7 Å². The average Bonchev–Trinajstić information content (AvgIpc) is 3.57. The van der Waals surface area contributed by atoms with Crippen LogP contribution < -0.4 is 9.47 Å². The van der Waals surface area contributed by atoms with E-state index in [0.717, 1.165) is 33.3 Å². The van der Waals surface area contributed by atoms with Crippen LogP contribution in [0.5, 0.6) is 11.5 Å². The molecule has 2 N–H and O–H groups in total. The molecule has 0 spiro atoms. The van der Waals surface area contributed by atoms with E-state index in [4.69, 9.17) is 9.47 Å². The molecule has 1 aromatic heterocycles. The van der Waals surface area contributed by atoms with Gasteiger partial charge in [0.25, 0.3) is 11.7 Å². The molecule has 3 aromatic carbocycles. The SMILES string of the molecule is COc1ccc(CN2C(=O)C(=O)/C(=C(/O)c3ccc4c(c3)CC(C)O4)C2c2c[nH]c3ccccc23)cc1. The fourth-order valence-electron chi connectivity index (χ4n) is 5.34. The van der Waals surface area contributed by atoms with Crippen LogP contribution in [0.1, 0.15) is 35.2 Å². The number of hydrogen-bond donors (Lipinski definition) is 2. The topological polar surface area (TPSA) is 91.9 Å². The number of aliphatic hydroxyl groups excluding tert-OH is 1. The van der Waals surface area contributed by atoms with Crippen molar-refractivity contribution in [3.63, 3.8) is 0 Å². The number of aliphatic hydroxyl groups is 1. The van der Waals surface area contributed by atoms with Gasteiger partial charge in [-0.3, -0.25) is 9.59 Å². The van der Waals surface area contributed by atoms with Crippen LogP contribution in [0.3, 0.4) is 0 Å². The average molecular weight is 495 g/mol. The van der Waals surface area contributed by atoms with E-state index in [-0.39, 0.29) is 24.0 Å². The third-order valence-corrected chi connectivity index (χ3v) is 7.14. The van der Waals surface area contributed by atoms with Crippen molar-refractivity contribution in [3.05, 3.63) is 101 Å². The van der Waals surface area contributed by atoms with Crippen LogP contribution in [-0.4, -0.2) is 39.9 Å². The summed E-state index contributed by atoms with van der Waals surface area (Å²) in [5, 5.41) is 12.4. The molecule has 4 aromatic rings. The summed E-state index contributed by atoms with van der Waals surface area (Å²) in [6, 6.07) is 19.7. The van der Waals surface area contributed by atoms with E-state index in [0.29, 0.717) is 17.7 Å². The number of carbonyl (C=O) groups excluding carboxylic acids is 2. The number of para-hydroxylation sites is 1. The summed E-state index contributed by atoms with van der Waals surface area (Å²) in [4.78, 5) is 31.7. The molecule has 3 heterocycles. The fourth-order valence-corrected chi connectivity index (χ4v) is 5.34. The van der Waals surface area contributed by atoms with Gasteiger partial charge in [0.15, 0.2) is 0 Å². The molecular weight excluding hydrogens is 468 g/mol. The maximum Gasteiger partial charge on any atom is 0.295 e. The summed E-state index contributed by atoms with van der Waals surface area (Å²) in [7, 11) is 1.59. The van der Waals surface area contributed by atoms with Gasteiger partial charge in [-0.2, -0.15) is 0 Å². The standard InChI is InChI=1S/C30H26N2O5/c1-17-13-20-14-19(9-12-25(20)37-17)28(33)26-27(23-15-31-24-6-4-3-5-22(23)24)32(30(35)29(26)34)16-18-7-10-21(36-2)11-8-18/h3-12,14-15,17,27,31,33H,13,16H2,1-2H3/b28-26+. The third kappa shape index (κ3) is 3.83. The van der Waals surface area contributed by atoms with Crippen LogP contribution in [0.4, 0.5) is 0 Å². The highest BCUT2D eigenvalue weighted by molar-refractivity contribution is 6.46. The molecule has 7 nitrogen and oxygen atoms in total. The van der Waals surface area contributed by atoms with Crippen molar-refractivity contribution in [1.29, 1.82) is 0 Å². The van der Waals surface area contributed by atoms with E-state index in [2.05, 4.69) is 4.98 Å². The Morgan fingerprint density at radius 1 is 1.11 bits per heavy atom. The molecule has 1 amide bonds. The first-order valence-corrected chi connectivity index (χ1v) is 12.2. The Balaban J connectivity index is 1.49. The van der Waals surface area contributed by atoms with Crippen molar-refractivity contribution in [3.8, 4) is 11.5 Å². The highest BCUT2D eigenvalue weighted by atomic mass is 16.5. The summed E-state index contributed by atoms with van der Waals surface area (Å²) in [5.41, 5.74) is 4.02. The lowest BCUT2D eigenvalue weighted by molar-refractivity contribution is -0.140. The van der Waals surface area contributed by atoms with Crippen molar-refractivity contribution in [2.24, 2.45) is 0 Å². The van der Waals surface area contributed by atoms with E-state index in [1.165, 1.54) is 4.90 Å². The van der Waals surface area contributed by atoms with Gasteiger partial charge in [0.05, 0.1) is 18.7 Å². The molecule has 2 unspecified atom stereocenters. The molecule has 0 radical (unpaired) electrons. The van der Waals surface area contributed by atoms with E-state index in [1.807, 2.05) is 73.8 Å². The van der Waals surface area contributed by atoms with Crippen LogP contribution in [0, 0.1) is 0 Å².